The first-order valence-electron chi connectivity index (χ1n) is 9.83. The molecule has 1 saturated carbocycles. The van der Waals surface area contributed by atoms with E-state index in [1.807, 2.05) is 4.90 Å². The number of pyridine rings is 1. The SMILES string of the molecule is CN(C)C(=O)c1ccnc(NC(=O)N2CC3(CCC3)C2C2CCOCC2)c1. The van der Waals surface area contributed by atoms with Gasteiger partial charge in [0.1, 0.15) is 5.82 Å². The van der Waals surface area contributed by atoms with Crippen LogP contribution in [0.3, 0.4) is 0 Å². The molecule has 0 bridgehead atoms. The summed E-state index contributed by atoms with van der Waals surface area (Å²) in [4.78, 5) is 32.8. The normalized spacial score (nSPS) is 24.1. The molecule has 0 radical (unpaired) electrons. The van der Waals surface area contributed by atoms with Crippen LogP contribution in [0.4, 0.5) is 10.6 Å². The number of anilines is 1. The Morgan fingerprint density at radius 1 is 1.30 bits per heavy atom. The molecule has 1 unspecified atom stereocenters. The molecule has 7 heteroatoms. The third kappa shape index (κ3) is 3.29. The molecule has 0 aromatic carbocycles. The lowest BCUT2D eigenvalue weighted by Crippen LogP contribution is -2.72. The molecule has 3 heterocycles. The van der Waals surface area contributed by atoms with Crippen LogP contribution in [0.5, 0.6) is 0 Å². The van der Waals surface area contributed by atoms with Gasteiger partial charge in [0.05, 0.1) is 0 Å². The number of aromatic nitrogens is 1. The van der Waals surface area contributed by atoms with Gasteiger partial charge in [-0.2, -0.15) is 0 Å². The maximum absolute atomic E-state index is 12.9. The maximum atomic E-state index is 12.9. The molecule has 1 spiro atoms. The van der Waals surface area contributed by atoms with Gasteiger partial charge in [0.15, 0.2) is 0 Å². The van der Waals surface area contributed by atoms with Crippen molar-refractivity contribution >= 4 is 17.8 Å². The Hall–Kier alpha value is -2.15. The van der Waals surface area contributed by atoms with E-state index >= 15 is 0 Å². The second-order valence-corrected chi connectivity index (χ2v) is 8.30. The highest BCUT2D eigenvalue weighted by Crippen LogP contribution is 2.56. The average Bonchev–Trinajstić information content (AvgIpc) is 2.60. The molecular weight excluding hydrogens is 344 g/mol. The van der Waals surface area contributed by atoms with Gasteiger partial charge in [-0.25, -0.2) is 9.78 Å². The fraction of sp³-hybridized carbons (Fsp3) is 0.650. The monoisotopic (exact) mass is 372 g/mol. The Morgan fingerprint density at radius 2 is 2.04 bits per heavy atom. The highest BCUT2D eigenvalue weighted by molar-refractivity contribution is 5.96. The predicted molar refractivity (Wildman–Crippen MR) is 102 cm³/mol. The van der Waals surface area contributed by atoms with Crippen molar-refractivity contribution in [2.24, 2.45) is 11.3 Å². The van der Waals surface area contributed by atoms with Gasteiger partial charge < -0.3 is 14.5 Å². The van der Waals surface area contributed by atoms with Crippen molar-refractivity contribution in [3.8, 4) is 0 Å². The summed E-state index contributed by atoms with van der Waals surface area (Å²) in [6.07, 6.45) is 7.34. The molecule has 1 aromatic rings. The zero-order valence-corrected chi connectivity index (χ0v) is 16.1. The van der Waals surface area contributed by atoms with Crippen LogP contribution in [0.1, 0.15) is 42.5 Å². The second-order valence-electron chi connectivity index (χ2n) is 8.30. The lowest BCUT2D eigenvalue weighted by atomic mass is 9.54. The molecule has 146 valence electrons. The molecule has 2 aliphatic heterocycles. The number of amides is 3. The minimum Gasteiger partial charge on any atom is -0.381 e. The van der Waals surface area contributed by atoms with E-state index in [4.69, 9.17) is 4.74 Å². The summed E-state index contributed by atoms with van der Waals surface area (Å²) in [5.74, 6) is 0.839. The van der Waals surface area contributed by atoms with E-state index in [1.165, 1.54) is 24.2 Å². The van der Waals surface area contributed by atoms with Gasteiger partial charge in [-0.3, -0.25) is 10.1 Å². The van der Waals surface area contributed by atoms with Crippen LogP contribution in [0.25, 0.3) is 0 Å². The highest BCUT2D eigenvalue weighted by Gasteiger charge is 2.59. The van der Waals surface area contributed by atoms with Crippen LogP contribution >= 0.6 is 0 Å². The molecule has 3 fully saturated rings. The molecule has 2 saturated heterocycles. The minimum atomic E-state index is -0.106. The van der Waals surface area contributed by atoms with Gasteiger partial charge in [0, 0.05) is 57.1 Å². The first kappa shape index (κ1) is 18.2. The van der Waals surface area contributed by atoms with Crippen molar-refractivity contribution in [2.45, 2.75) is 38.1 Å². The Labute approximate surface area is 160 Å². The summed E-state index contributed by atoms with van der Waals surface area (Å²) in [6.45, 7) is 2.42. The van der Waals surface area contributed by atoms with E-state index in [0.29, 0.717) is 28.8 Å². The van der Waals surface area contributed by atoms with Crippen molar-refractivity contribution in [1.29, 1.82) is 0 Å². The molecule has 1 aromatic heterocycles. The summed E-state index contributed by atoms with van der Waals surface area (Å²) in [5, 5.41) is 2.91. The van der Waals surface area contributed by atoms with Crippen LogP contribution in [-0.4, -0.2) is 66.6 Å². The molecule has 27 heavy (non-hydrogen) atoms. The zero-order chi connectivity index (χ0) is 19.0. The smallest absolute Gasteiger partial charge is 0.323 e. The Morgan fingerprint density at radius 3 is 2.67 bits per heavy atom. The zero-order valence-electron chi connectivity index (χ0n) is 16.1. The van der Waals surface area contributed by atoms with Gasteiger partial charge in [-0.05, 0) is 43.7 Å². The lowest BCUT2D eigenvalue weighted by Gasteiger charge is -2.64. The third-order valence-electron chi connectivity index (χ3n) is 6.42. The first-order chi connectivity index (χ1) is 13.0. The van der Waals surface area contributed by atoms with E-state index in [9.17, 15) is 9.59 Å². The highest BCUT2D eigenvalue weighted by atomic mass is 16.5. The molecule has 3 amide bonds. The summed E-state index contributed by atoms with van der Waals surface area (Å²) in [6, 6.07) is 3.51. The number of carbonyl (C=O) groups excluding carboxylic acids is 2. The van der Waals surface area contributed by atoms with Gasteiger partial charge in [-0.1, -0.05) is 6.42 Å². The standard InChI is InChI=1S/C20H28N4O3/c1-23(2)18(25)15-4-9-21-16(12-15)22-19(26)24-13-20(7-3-8-20)17(24)14-5-10-27-11-6-14/h4,9,12,14,17H,3,5-8,10-11,13H2,1-2H3,(H,21,22,26). The summed E-state index contributed by atoms with van der Waals surface area (Å²) < 4.78 is 5.52. The van der Waals surface area contributed by atoms with E-state index in [-0.39, 0.29) is 11.9 Å². The van der Waals surface area contributed by atoms with E-state index in [2.05, 4.69) is 10.3 Å². The largest absolute Gasteiger partial charge is 0.381 e. The van der Waals surface area contributed by atoms with Crippen LogP contribution in [0.2, 0.25) is 0 Å². The number of nitrogens with one attached hydrogen (secondary N) is 1. The molecule has 1 N–H and O–H groups in total. The number of hydrogen-bond donors (Lipinski definition) is 1. The quantitative estimate of drug-likeness (QED) is 0.885. The van der Waals surface area contributed by atoms with Gasteiger partial charge in [0.2, 0.25) is 0 Å². The number of likely N-dealkylation sites (tertiary alicyclic amines) is 1. The third-order valence-corrected chi connectivity index (χ3v) is 6.42. The molecule has 1 atom stereocenters. The van der Waals surface area contributed by atoms with Crippen LogP contribution in [0, 0.1) is 11.3 Å². The number of rotatable bonds is 3. The minimum absolute atomic E-state index is 0.106. The summed E-state index contributed by atoms with van der Waals surface area (Å²) in [5.41, 5.74) is 0.848. The van der Waals surface area contributed by atoms with E-state index in [0.717, 1.165) is 32.6 Å². The average molecular weight is 372 g/mol. The Balaban J connectivity index is 1.46. The molecule has 1 aliphatic carbocycles. The first-order valence-corrected chi connectivity index (χ1v) is 9.83. The molecule has 7 nitrogen and oxygen atoms in total. The van der Waals surface area contributed by atoms with E-state index < -0.39 is 0 Å². The van der Waals surface area contributed by atoms with Crippen LogP contribution in [-0.2, 0) is 4.74 Å². The molecule has 4 rings (SSSR count). The van der Waals surface area contributed by atoms with Crippen molar-refractivity contribution in [1.82, 2.24) is 14.8 Å². The summed E-state index contributed by atoms with van der Waals surface area (Å²) >= 11 is 0. The predicted octanol–water partition coefficient (Wildman–Crippen LogP) is 2.60. The number of urea groups is 1. The molecular formula is C20H28N4O3. The topological polar surface area (TPSA) is 74.8 Å². The van der Waals surface area contributed by atoms with Crippen molar-refractivity contribution in [2.75, 3.05) is 39.2 Å². The van der Waals surface area contributed by atoms with Crippen molar-refractivity contribution < 1.29 is 14.3 Å². The molecule has 3 aliphatic rings. The second kappa shape index (κ2) is 7.11. The van der Waals surface area contributed by atoms with Gasteiger partial charge in [-0.15, -0.1) is 0 Å². The Kier molecular flexibility index (Phi) is 4.80. The number of carbonyl (C=O) groups is 2. The van der Waals surface area contributed by atoms with E-state index in [1.54, 1.807) is 32.4 Å². The number of ether oxygens (including phenoxy) is 1. The fourth-order valence-corrected chi connectivity index (χ4v) is 4.89. The van der Waals surface area contributed by atoms with Crippen molar-refractivity contribution in [3.63, 3.8) is 0 Å². The Bertz CT molecular complexity index is 726. The van der Waals surface area contributed by atoms with Crippen molar-refractivity contribution in [3.05, 3.63) is 23.9 Å². The summed E-state index contributed by atoms with van der Waals surface area (Å²) in [7, 11) is 3.41. The fourth-order valence-electron chi connectivity index (χ4n) is 4.89. The lowest BCUT2D eigenvalue weighted by molar-refractivity contribution is -0.135. The van der Waals surface area contributed by atoms with Gasteiger partial charge >= 0.3 is 6.03 Å². The van der Waals surface area contributed by atoms with Crippen LogP contribution < -0.4 is 5.32 Å². The maximum Gasteiger partial charge on any atom is 0.323 e. The van der Waals surface area contributed by atoms with Crippen LogP contribution in [0.15, 0.2) is 18.3 Å². The number of hydrogen-bond acceptors (Lipinski definition) is 4. The van der Waals surface area contributed by atoms with Gasteiger partial charge in [0.25, 0.3) is 5.91 Å². The number of nitrogens with zero attached hydrogens (tertiary/aromatic N) is 3.